The SMILES string of the molecule is COC(=O)C(C)CS(=O)(=O)COCC1CC1. The van der Waals surface area contributed by atoms with Crippen LogP contribution in [0.2, 0.25) is 0 Å². The molecule has 6 heteroatoms. The van der Waals surface area contributed by atoms with E-state index in [0.29, 0.717) is 12.5 Å². The number of methoxy groups -OCH3 is 1. The van der Waals surface area contributed by atoms with Gasteiger partial charge in [-0.3, -0.25) is 4.79 Å². The Bertz CT molecular complexity index is 331. The third-order valence-corrected chi connectivity index (χ3v) is 3.95. The Morgan fingerprint density at radius 3 is 2.56 bits per heavy atom. The summed E-state index contributed by atoms with van der Waals surface area (Å²) in [6.45, 7) is 2.04. The zero-order valence-electron chi connectivity index (χ0n) is 9.64. The quantitative estimate of drug-likeness (QED) is 0.619. The van der Waals surface area contributed by atoms with Crippen LogP contribution in [0.25, 0.3) is 0 Å². The normalized spacial score (nSPS) is 18.1. The number of ether oxygens (including phenoxy) is 2. The van der Waals surface area contributed by atoms with E-state index in [1.165, 1.54) is 14.0 Å². The fourth-order valence-corrected chi connectivity index (χ4v) is 2.67. The van der Waals surface area contributed by atoms with Crippen molar-refractivity contribution in [2.75, 3.05) is 25.4 Å². The Morgan fingerprint density at radius 1 is 1.44 bits per heavy atom. The highest BCUT2D eigenvalue weighted by molar-refractivity contribution is 7.91. The summed E-state index contributed by atoms with van der Waals surface area (Å²) in [6.07, 6.45) is 2.25. The number of hydrogen-bond acceptors (Lipinski definition) is 5. The molecule has 0 aromatic carbocycles. The van der Waals surface area contributed by atoms with Crippen LogP contribution in [0, 0.1) is 11.8 Å². The molecule has 1 unspecified atom stereocenters. The molecule has 0 saturated heterocycles. The van der Waals surface area contributed by atoms with Gasteiger partial charge in [0.25, 0.3) is 0 Å². The molecule has 1 fully saturated rings. The molecule has 0 spiro atoms. The summed E-state index contributed by atoms with van der Waals surface area (Å²) in [4.78, 5) is 11.1. The van der Waals surface area contributed by atoms with Crippen LogP contribution in [0.15, 0.2) is 0 Å². The fourth-order valence-electron chi connectivity index (χ4n) is 1.32. The first-order chi connectivity index (χ1) is 7.44. The summed E-state index contributed by atoms with van der Waals surface area (Å²) in [6, 6.07) is 0. The molecule has 1 aliphatic carbocycles. The maximum atomic E-state index is 11.5. The summed E-state index contributed by atoms with van der Waals surface area (Å²) in [5.74, 6) is -1.13. The molecule has 1 atom stereocenters. The molecule has 0 aliphatic heterocycles. The first kappa shape index (κ1) is 13.4. The summed E-state index contributed by atoms with van der Waals surface area (Å²) in [5, 5.41) is 0. The van der Waals surface area contributed by atoms with Crippen LogP contribution in [0.1, 0.15) is 19.8 Å². The second kappa shape index (κ2) is 5.63. The van der Waals surface area contributed by atoms with E-state index in [9.17, 15) is 13.2 Å². The molecule has 1 rings (SSSR count). The summed E-state index contributed by atoms with van der Waals surface area (Å²) >= 11 is 0. The first-order valence-corrected chi connectivity index (χ1v) is 7.12. The molecule has 0 radical (unpaired) electrons. The van der Waals surface area contributed by atoms with Crippen LogP contribution < -0.4 is 0 Å². The van der Waals surface area contributed by atoms with Gasteiger partial charge < -0.3 is 9.47 Å². The smallest absolute Gasteiger partial charge is 0.309 e. The number of carbonyl (C=O) groups excluding carboxylic acids is 1. The predicted octanol–water partition coefficient (Wildman–Crippen LogP) is 0.594. The van der Waals surface area contributed by atoms with Gasteiger partial charge in [-0.05, 0) is 18.8 Å². The molecule has 1 saturated carbocycles. The minimum Gasteiger partial charge on any atom is -0.469 e. The van der Waals surface area contributed by atoms with Crippen molar-refractivity contribution in [3.63, 3.8) is 0 Å². The molecule has 94 valence electrons. The zero-order chi connectivity index (χ0) is 12.2. The molecular formula is C10H18O5S. The number of rotatable bonds is 7. The molecule has 0 aromatic heterocycles. The molecule has 0 N–H and O–H groups in total. The van der Waals surface area contributed by atoms with Crippen LogP contribution in [0.5, 0.6) is 0 Å². The average molecular weight is 250 g/mol. The lowest BCUT2D eigenvalue weighted by molar-refractivity contribution is -0.144. The summed E-state index contributed by atoms with van der Waals surface area (Å²) in [5.41, 5.74) is 0. The molecular weight excluding hydrogens is 232 g/mol. The van der Waals surface area contributed by atoms with E-state index in [4.69, 9.17) is 4.74 Å². The minimum absolute atomic E-state index is 0.218. The van der Waals surface area contributed by atoms with Crippen molar-refractivity contribution >= 4 is 15.8 Å². The van der Waals surface area contributed by atoms with Gasteiger partial charge in [0.1, 0.15) is 5.94 Å². The summed E-state index contributed by atoms with van der Waals surface area (Å²) < 4.78 is 32.6. The van der Waals surface area contributed by atoms with E-state index in [0.717, 1.165) is 12.8 Å². The van der Waals surface area contributed by atoms with Crippen LogP contribution in [0.4, 0.5) is 0 Å². The average Bonchev–Trinajstić information content (AvgIpc) is 2.99. The van der Waals surface area contributed by atoms with Gasteiger partial charge in [0.2, 0.25) is 0 Å². The molecule has 0 aromatic rings. The number of carbonyl (C=O) groups is 1. The summed E-state index contributed by atoms with van der Waals surface area (Å²) in [7, 11) is -2.08. The molecule has 16 heavy (non-hydrogen) atoms. The molecule has 0 heterocycles. The van der Waals surface area contributed by atoms with Crippen molar-refractivity contribution in [1.29, 1.82) is 0 Å². The second-order valence-electron chi connectivity index (χ2n) is 4.27. The third kappa shape index (κ3) is 4.94. The Balaban J connectivity index is 2.28. The predicted molar refractivity (Wildman–Crippen MR) is 58.5 cm³/mol. The Kier molecular flexibility index (Phi) is 4.73. The lowest BCUT2D eigenvalue weighted by Crippen LogP contribution is -2.25. The van der Waals surface area contributed by atoms with E-state index >= 15 is 0 Å². The third-order valence-electron chi connectivity index (χ3n) is 2.42. The van der Waals surface area contributed by atoms with E-state index in [1.54, 1.807) is 0 Å². The second-order valence-corrected chi connectivity index (χ2v) is 6.32. The van der Waals surface area contributed by atoms with E-state index in [2.05, 4.69) is 4.74 Å². The highest BCUT2D eigenvalue weighted by Gasteiger charge is 2.25. The van der Waals surface area contributed by atoms with Crippen molar-refractivity contribution in [2.45, 2.75) is 19.8 Å². The van der Waals surface area contributed by atoms with Crippen LogP contribution >= 0.6 is 0 Å². The lowest BCUT2D eigenvalue weighted by atomic mass is 10.2. The maximum absolute atomic E-state index is 11.5. The molecule has 0 amide bonds. The lowest BCUT2D eigenvalue weighted by Gasteiger charge is -2.10. The van der Waals surface area contributed by atoms with Gasteiger partial charge in [0, 0.05) is 0 Å². The van der Waals surface area contributed by atoms with Gasteiger partial charge in [-0.15, -0.1) is 0 Å². The van der Waals surface area contributed by atoms with Gasteiger partial charge in [-0.1, -0.05) is 6.92 Å². The zero-order valence-corrected chi connectivity index (χ0v) is 10.5. The number of sulfone groups is 1. The van der Waals surface area contributed by atoms with E-state index in [1.807, 2.05) is 0 Å². The van der Waals surface area contributed by atoms with Gasteiger partial charge in [-0.2, -0.15) is 0 Å². The first-order valence-electron chi connectivity index (χ1n) is 5.30. The van der Waals surface area contributed by atoms with Crippen LogP contribution in [0.3, 0.4) is 0 Å². The van der Waals surface area contributed by atoms with Crippen molar-refractivity contribution in [1.82, 2.24) is 0 Å². The van der Waals surface area contributed by atoms with Gasteiger partial charge >= 0.3 is 5.97 Å². The number of esters is 1. The highest BCUT2D eigenvalue weighted by Crippen LogP contribution is 2.28. The van der Waals surface area contributed by atoms with Gasteiger partial charge in [-0.25, -0.2) is 8.42 Å². The van der Waals surface area contributed by atoms with Crippen LogP contribution in [-0.2, 0) is 24.1 Å². The van der Waals surface area contributed by atoms with Crippen LogP contribution in [-0.4, -0.2) is 39.8 Å². The topological polar surface area (TPSA) is 69.7 Å². The fraction of sp³-hybridized carbons (Fsp3) is 0.900. The van der Waals surface area contributed by atoms with E-state index in [-0.39, 0.29) is 11.7 Å². The van der Waals surface area contributed by atoms with Crippen molar-refractivity contribution in [3.8, 4) is 0 Å². The molecule has 0 bridgehead atoms. The largest absolute Gasteiger partial charge is 0.469 e. The van der Waals surface area contributed by atoms with Crippen molar-refractivity contribution < 1.29 is 22.7 Å². The van der Waals surface area contributed by atoms with Crippen molar-refractivity contribution in [3.05, 3.63) is 0 Å². The molecule has 1 aliphatic rings. The standard InChI is InChI=1S/C10H18O5S/c1-8(10(11)14-2)6-16(12,13)7-15-5-9-3-4-9/h8-9H,3-7H2,1-2H3. The van der Waals surface area contributed by atoms with Crippen molar-refractivity contribution in [2.24, 2.45) is 11.8 Å². The Hall–Kier alpha value is -0.620. The highest BCUT2D eigenvalue weighted by atomic mass is 32.2. The van der Waals surface area contributed by atoms with E-state index < -0.39 is 21.7 Å². The monoisotopic (exact) mass is 250 g/mol. The van der Waals surface area contributed by atoms with Gasteiger partial charge in [0.15, 0.2) is 9.84 Å². The Labute approximate surface area is 96.0 Å². The maximum Gasteiger partial charge on any atom is 0.309 e. The number of hydrogen-bond donors (Lipinski definition) is 0. The van der Waals surface area contributed by atoms with Gasteiger partial charge in [0.05, 0.1) is 25.4 Å². The molecule has 5 nitrogen and oxygen atoms in total. The Morgan fingerprint density at radius 2 is 2.06 bits per heavy atom. The minimum atomic E-state index is -3.33.